The fraction of sp³-hybridized carbons (Fsp3) is 0.429. The van der Waals surface area contributed by atoms with Gasteiger partial charge >= 0.3 is 0 Å². The Labute approximate surface area is 203 Å². The van der Waals surface area contributed by atoms with Crippen molar-refractivity contribution in [2.24, 2.45) is 5.92 Å². The number of hydrogen-bond acceptors (Lipinski definition) is 4. The lowest BCUT2D eigenvalue weighted by Crippen LogP contribution is -2.32. The Hall–Kier alpha value is -3.12. The Bertz CT molecular complexity index is 1090. The maximum atomic E-state index is 12.9. The third-order valence-corrected chi connectivity index (χ3v) is 6.41. The van der Waals surface area contributed by atoms with Crippen LogP contribution in [0.4, 0.5) is 0 Å². The maximum absolute atomic E-state index is 12.9. The number of benzene rings is 1. The summed E-state index contributed by atoms with van der Waals surface area (Å²) in [6.07, 6.45) is 9.59. The number of allylic oxidation sites excluding steroid dienone is 4. The molecule has 1 fully saturated rings. The monoisotopic (exact) mass is 462 g/mol. The minimum atomic E-state index is -0.835. The standard InChI is InChI=1S/C28H38N4O2/c1-7-19-10-9-17(3)21(13-19)22-15-23-24(14-20(22)8-2)32-27(33)26(23)18(4)31-25(29)11-12-30-16-28(5,6)34/h9-15,20,22,30,34H,7-8,16H2,1-6H3,(H2,29,31)(H,32,33)/b12-11-,26-18-. The highest BCUT2D eigenvalue weighted by molar-refractivity contribution is 6.06. The molecule has 1 saturated heterocycles. The van der Waals surface area contributed by atoms with Crippen molar-refractivity contribution in [2.75, 3.05) is 6.54 Å². The van der Waals surface area contributed by atoms with Crippen molar-refractivity contribution in [1.29, 1.82) is 5.41 Å². The number of fused-ring (bicyclic) bond motifs is 1. The second kappa shape index (κ2) is 10.4. The van der Waals surface area contributed by atoms with Crippen molar-refractivity contribution in [3.05, 3.63) is 81.9 Å². The first-order valence-corrected chi connectivity index (χ1v) is 12.1. The fourth-order valence-electron chi connectivity index (χ4n) is 4.53. The van der Waals surface area contributed by atoms with Gasteiger partial charge in [0.05, 0.1) is 11.2 Å². The van der Waals surface area contributed by atoms with Crippen molar-refractivity contribution >= 4 is 11.7 Å². The average Bonchev–Trinajstić information content (AvgIpc) is 3.10. The highest BCUT2D eigenvalue weighted by atomic mass is 16.3. The van der Waals surface area contributed by atoms with Crippen molar-refractivity contribution in [1.82, 2.24) is 16.0 Å². The molecule has 1 aliphatic carbocycles. The molecule has 0 radical (unpaired) electrons. The lowest BCUT2D eigenvalue weighted by molar-refractivity contribution is -0.115. The molecule has 34 heavy (non-hydrogen) atoms. The third kappa shape index (κ3) is 5.86. The number of amidine groups is 1. The molecule has 6 heteroatoms. The molecular weight excluding hydrogens is 424 g/mol. The highest BCUT2D eigenvalue weighted by Crippen LogP contribution is 2.42. The zero-order valence-corrected chi connectivity index (χ0v) is 21.2. The Morgan fingerprint density at radius 3 is 2.65 bits per heavy atom. The van der Waals surface area contributed by atoms with Crippen LogP contribution in [-0.4, -0.2) is 29.0 Å². The van der Waals surface area contributed by atoms with Crippen molar-refractivity contribution < 1.29 is 9.90 Å². The molecule has 2 aliphatic rings. The quantitative estimate of drug-likeness (QED) is 0.226. The minimum absolute atomic E-state index is 0.144. The largest absolute Gasteiger partial charge is 0.389 e. The van der Waals surface area contributed by atoms with Crippen LogP contribution in [0, 0.1) is 18.3 Å². The number of carbonyl (C=O) groups excluding carboxylic acids is 1. The van der Waals surface area contributed by atoms with Gasteiger partial charge in [-0.15, -0.1) is 0 Å². The van der Waals surface area contributed by atoms with E-state index in [0.717, 1.165) is 24.1 Å². The molecular formula is C28H38N4O2. The lowest BCUT2D eigenvalue weighted by atomic mass is 9.76. The zero-order valence-electron chi connectivity index (χ0n) is 21.2. The summed E-state index contributed by atoms with van der Waals surface area (Å²) >= 11 is 0. The summed E-state index contributed by atoms with van der Waals surface area (Å²) in [6, 6.07) is 6.69. The second-order valence-electron chi connectivity index (χ2n) is 9.82. The summed E-state index contributed by atoms with van der Waals surface area (Å²) in [6.45, 7) is 12.1. The van der Waals surface area contributed by atoms with Gasteiger partial charge in [0.15, 0.2) is 0 Å². The van der Waals surface area contributed by atoms with Crippen LogP contribution in [-0.2, 0) is 11.2 Å². The summed E-state index contributed by atoms with van der Waals surface area (Å²) in [7, 11) is 0. The summed E-state index contributed by atoms with van der Waals surface area (Å²) < 4.78 is 0. The van der Waals surface area contributed by atoms with Gasteiger partial charge in [0, 0.05) is 35.6 Å². The first-order valence-electron chi connectivity index (χ1n) is 12.1. The van der Waals surface area contributed by atoms with E-state index in [1.807, 2.05) is 6.92 Å². The number of aliphatic hydroxyl groups is 1. The molecule has 1 aromatic carbocycles. The van der Waals surface area contributed by atoms with Crippen LogP contribution in [0.3, 0.4) is 0 Å². The van der Waals surface area contributed by atoms with Gasteiger partial charge in [-0.3, -0.25) is 10.2 Å². The number of amides is 1. The molecule has 1 aliphatic heterocycles. The van der Waals surface area contributed by atoms with Crippen molar-refractivity contribution in [2.45, 2.75) is 65.9 Å². The molecule has 0 spiro atoms. The molecule has 1 amide bonds. The summed E-state index contributed by atoms with van der Waals surface area (Å²) in [5.41, 5.74) is 6.04. The second-order valence-corrected chi connectivity index (χ2v) is 9.82. The van der Waals surface area contributed by atoms with E-state index in [1.54, 1.807) is 26.1 Å². The molecule has 182 valence electrons. The fourth-order valence-corrected chi connectivity index (χ4v) is 4.53. The number of nitrogens with one attached hydrogen (secondary N) is 4. The van der Waals surface area contributed by atoms with Crippen LogP contribution in [0.5, 0.6) is 0 Å². The number of rotatable bonds is 8. The van der Waals surface area contributed by atoms with Crippen molar-refractivity contribution in [3.63, 3.8) is 0 Å². The Morgan fingerprint density at radius 1 is 1.26 bits per heavy atom. The molecule has 0 saturated carbocycles. The van der Waals surface area contributed by atoms with Gasteiger partial charge < -0.3 is 21.1 Å². The molecule has 1 aromatic rings. The minimum Gasteiger partial charge on any atom is -0.389 e. The van der Waals surface area contributed by atoms with Gasteiger partial charge in [0.2, 0.25) is 0 Å². The van der Waals surface area contributed by atoms with E-state index < -0.39 is 5.60 Å². The zero-order chi connectivity index (χ0) is 25.0. The van der Waals surface area contributed by atoms with E-state index in [-0.39, 0.29) is 17.7 Å². The Kier molecular flexibility index (Phi) is 7.82. The molecule has 3 rings (SSSR count). The van der Waals surface area contributed by atoms with Crippen LogP contribution in [0.2, 0.25) is 0 Å². The molecule has 2 atom stereocenters. The molecule has 2 unspecified atom stereocenters. The molecule has 5 N–H and O–H groups in total. The topological polar surface area (TPSA) is 97.2 Å². The van der Waals surface area contributed by atoms with Gasteiger partial charge in [0.25, 0.3) is 5.91 Å². The van der Waals surface area contributed by atoms with E-state index in [0.29, 0.717) is 23.7 Å². The van der Waals surface area contributed by atoms with Crippen LogP contribution < -0.4 is 16.0 Å². The number of aryl methyl sites for hydroxylation is 2. The van der Waals surface area contributed by atoms with E-state index >= 15 is 0 Å². The molecule has 0 bridgehead atoms. The Balaban J connectivity index is 1.89. The van der Waals surface area contributed by atoms with Gasteiger partial charge in [-0.25, -0.2) is 0 Å². The number of hydrogen-bond donors (Lipinski definition) is 5. The van der Waals surface area contributed by atoms with Crippen molar-refractivity contribution in [3.8, 4) is 0 Å². The maximum Gasteiger partial charge on any atom is 0.258 e. The predicted molar refractivity (Wildman–Crippen MR) is 138 cm³/mol. The smallest absolute Gasteiger partial charge is 0.258 e. The molecule has 6 nitrogen and oxygen atoms in total. The molecule has 0 aromatic heterocycles. The number of carbonyl (C=O) groups is 1. The van der Waals surface area contributed by atoms with Gasteiger partial charge in [-0.2, -0.15) is 0 Å². The SMILES string of the molecule is CCc1ccc(C)c(C2C=C3C(=CC2CC)NC(=O)/C3=C(/C)NC(=N)/C=C\NCC(C)(C)O)c1. The first kappa shape index (κ1) is 25.5. The molecule has 1 heterocycles. The van der Waals surface area contributed by atoms with Crippen LogP contribution in [0.15, 0.2) is 65.2 Å². The lowest BCUT2D eigenvalue weighted by Gasteiger charge is -2.28. The van der Waals surface area contributed by atoms with E-state index in [9.17, 15) is 9.90 Å². The summed E-state index contributed by atoms with van der Waals surface area (Å²) in [5, 5.41) is 27.0. The first-order chi connectivity index (χ1) is 16.0. The third-order valence-electron chi connectivity index (χ3n) is 6.41. The van der Waals surface area contributed by atoms with E-state index in [4.69, 9.17) is 5.41 Å². The predicted octanol–water partition coefficient (Wildman–Crippen LogP) is 4.34. The average molecular weight is 463 g/mol. The summed E-state index contributed by atoms with van der Waals surface area (Å²) in [4.78, 5) is 12.9. The van der Waals surface area contributed by atoms with Gasteiger partial charge in [0.1, 0.15) is 5.84 Å². The van der Waals surface area contributed by atoms with E-state index in [2.05, 4.69) is 67.1 Å². The van der Waals surface area contributed by atoms with Gasteiger partial charge in [-0.05, 0) is 69.2 Å². The van der Waals surface area contributed by atoms with Crippen LogP contribution in [0.25, 0.3) is 0 Å². The van der Waals surface area contributed by atoms with Crippen LogP contribution in [0.1, 0.15) is 63.6 Å². The highest BCUT2D eigenvalue weighted by Gasteiger charge is 2.35. The van der Waals surface area contributed by atoms with Crippen LogP contribution >= 0.6 is 0 Å². The normalized spacial score (nSPS) is 21.6. The van der Waals surface area contributed by atoms with E-state index in [1.165, 1.54) is 16.7 Å². The van der Waals surface area contributed by atoms with Gasteiger partial charge in [-0.1, -0.05) is 44.2 Å². The summed E-state index contributed by atoms with van der Waals surface area (Å²) in [5.74, 6) is 0.509. The Morgan fingerprint density at radius 2 is 2.00 bits per heavy atom.